The van der Waals surface area contributed by atoms with E-state index in [9.17, 15) is 14.7 Å². The first-order valence-electron chi connectivity index (χ1n) is 5.78. The number of halogens is 2. The number of carboxylic acid groups (broad SMARTS) is 1. The average molecular weight is 320 g/mol. The number of aliphatic carboxylic acids is 1. The highest BCUT2D eigenvalue weighted by Gasteiger charge is 2.27. The molecular weight excluding hydrogens is 305 g/mol. The molecule has 0 saturated carbocycles. The largest absolute Gasteiger partial charge is 0.479 e. The zero-order valence-corrected chi connectivity index (χ0v) is 12.7. The first-order chi connectivity index (χ1) is 9.11. The predicted octanol–water partition coefficient (Wildman–Crippen LogP) is 3.64. The first kappa shape index (κ1) is 16.6. The van der Waals surface area contributed by atoms with Crippen LogP contribution in [-0.2, 0) is 9.53 Å². The van der Waals surface area contributed by atoms with Crippen LogP contribution in [0, 0.1) is 0 Å². The Morgan fingerprint density at radius 1 is 1.30 bits per heavy atom. The lowest BCUT2D eigenvalue weighted by atomic mass is 10.1. The van der Waals surface area contributed by atoms with Crippen LogP contribution in [0.25, 0.3) is 0 Å². The lowest BCUT2D eigenvalue weighted by Gasteiger charge is -2.22. The zero-order valence-electron chi connectivity index (χ0n) is 11.2. The Morgan fingerprint density at radius 2 is 1.90 bits per heavy atom. The Kier molecular flexibility index (Phi) is 5.25. The van der Waals surface area contributed by atoms with Gasteiger partial charge in [-0.1, -0.05) is 35.3 Å². The van der Waals surface area contributed by atoms with Crippen LogP contribution in [0.5, 0.6) is 0 Å². The number of alkyl carbamates (subject to hydrolysis) is 1. The van der Waals surface area contributed by atoms with E-state index >= 15 is 0 Å². The van der Waals surface area contributed by atoms with Crippen LogP contribution in [0.1, 0.15) is 32.4 Å². The summed E-state index contributed by atoms with van der Waals surface area (Å²) in [5, 5.41) is 11.8. The van der Waals surface area contributed by atoms with Gasteiger partial charge in [-0.2, -0.15) is 0 Å². The van der Waals surface area contributed by atoms with E-state index in [1.807, 2.05) is 0 Å². The van der Waals surface area contributed by atoms with Gasteiger partial charge in [0.25, 0.3) is 0 Å². The quantitative estimate of drug-likeness (QED) is 0.891. The Balaban J connectivity index is 2.99. The number of hydrogen-bond acceptors (Lipinski definition) is 3. The number of amides is 1. The van der Waals surface area contributed by atoms with Crippen LogP contribution in [0.2, 0.25) is 10.0 Å². The molecule has 1 rings (SSSR count). The number of nitrogens with one attached hydrogen (secondary N) is 1. The third-order valence-electron chi connectivity index (χ3n) is 2.20. The minimum absolute atomic E-state index is 0.0811. The van der Waals surface area contributed by atoms with E-state index < -0.39 is 23.7 Å². The number of ether oxygens (including phenoxy) is 1. The summed E-state index contributed by atoms with van der Waals surface area (Å²) in [6.07, 6.45) is -0.846. The summed E-state index contributed by atoms with van der Waals surface area (Å²) in [5.41, 5.74) is -0.539. The zero-order chi connectivity index (χ0) is 15.5. The van der Waals surface area contributed by atoms with Gasteiger partial charge in [0, 0.05) is 5.56 Å². The average Bonchev–Trinajstić information content (AvgIpc) is 2.27. The van der Waals surface area contributed by atoms with Gasteiger partial charge in [-0.3, -0.25) is 0 Å². The second kappa shape index (κ2) is 6.33. The van der Waals surface area contributed by atoms with Crippen molar-refractivity contribution in [2.24, 2.45) is 0 Å². The summed E-state index contributed by atoms with van der Waals surface area (Å²) in [4.78, 5) is 23.0. The normalized spacial score (nSPS) is 12.7. The second-order valence-electron chi connectivity index (χ2n) is 5.06. The number of benzene rings is 1. The smallest absolute Gasteiger partial charge is 0.408 e. The maximum Gasteiger partial charge on any atom is 0.408 e. The number of carboxylic acids is 1. The van der Waals surface area contributed by atoms with Gasteiger partial charge in [-0.25, -0.2) is 9.59 Å². The first-order valence-corrected chi connectivity index (χ1v) is 6.53. The maximum atomic E-state index is 11.7. The molecule has 0 radical (unpaired) electrons. The van der Waals surface area contributed by atoms with E-state index in [1.54, 1.807) is 26.8 Å². The van der Waals surface area contributed by atoms with Crippen molar-refractivity contribution >= 4 is 35.3 Å². The van der Waals surface area contributed by atoms with Crippen LogP contribution in [0.4, 0.5) is 4.79 Å². The van der Waals surface area contributed by atoms with Crippen LogP contribution in [0.3, 0.4) is 0 Å². The molecule has 0 spiro atoms. The molecule has 0 saturated heterocycles. The van der Waals surface area contributed by atoms with Crippen LogP contribution in [-0.4, -0.2) is 22.8 Å². The fourth-order valence-corrected chi connectivity index (χ4v) is 1.86. The minimum atomic E-state index is -1.34. The van der Waals surface area contributed by atoms with Crippen LogP contribution in [0.15, 0.2) is 18.2 Å². The molecule has 0 aromatic heterocycles. The van der Waals surface area contributed by atoms with Gasteiger partial charge in [0.1, 0.15) is 5.60 Å². The predicted molar refractivity (Wildman–Crippen MR) is 76.2 cm³/mol. The van der Waals surface area contributed by atoms with E-state index in [2.05, 4.69) is 5.32 Å². The molecule has 20 heavy (non-hydrogen) atoms. The molecule has 7 heteroatoms. The SMILES string of the molecule is CC(C)(C)OC(=O)N[C@@H](C(=O)O)c1cccc(Cl)c1Cl. The van der Waals surface area contributed by atoms with Gasteiger partial charge in [0.15, 0.2) is 6.04 Å². The Labute approximate surface area is 126 Å². The maximum absolute atomic E-state index is 11.7. The Bertz CT molecular complexity index is 526. The van der Waals surface area contributed by atoms with Gasteiger partial charge in [0.2, 0.25) is 0 Å². The lowest BCUT2D eigenvalue weighted by Crippen LogP contribution is -2.38. The second-order valence-corrected chi connectivity index (χ2v) is 5.85. The molecule has 110 valence electrons. The summed E-state index contributed by atoms with van der Waals surface area (Å²) in [5.74, 6) is -1.26. The molecule has 0 aliphatic heterocycles. The highest BCUT2D eigenvalue weighted by atomic mass is 35.5. The standard InChI is InChI=1S/C13H15Cl2NO4/c1-13(2,3)20-12(19)16-10(11(17)18)7-5-4-6-8(14)9(7)15/h4-6,10H,1-3H3,(H,16,19)(H,17,18)/t10-/m1/s1. The van der Waals surface area contributed by atoms with Gasteiger partial charge in [-0.15, -0.1) is 0 Å². The van der Waals surface area contributed by atoms with Gasteiger partial charge < -0.3 is 15.2 Å². The van der Waals surface area contributed by atoms with E-state index in [4.69, 9.17) is 27.9 Å². The molecule has 1 atom stereocenters. The number of carbonyl (C=O) groups excluding carboxylic acids is 1. The third kappa shape index (κ3) is 4.58. The number of rotatable bonds is 3. The summed E-state index contributed by atoms with van der Waals surface area (Å²) < 4.78 is 5.02. The molecule has 0 heterocycles. The Morgan fingerprint density at radius 3 is 2.40 bits per heavy atom. The van der Waals surface area contributed by atoms with Crippen molar-refractivity contribution in [1.29, 1.82) is 0 Å². The van der Waals surface area contributed by atoms with Crippen molar-refractivity contribution in [2.75, 3.05) is 0 Å². The van der Waals surface area contributed by atoms with Crippen LogP contribution >= 0.6 is 23.2 Å². The van der Waals surface area contributed by atoms with E-state index in [0.717, 1.165) is 0 Å². The lowest BCUT2D eigenvalue weighted by molar-refractivity contribution is -0.139. The van der Waals surface area contributed by atoms with Crippen molar-refractivity contribution in [2.45, 2.75) is 32.4 Å². The van der Waals surface area contributed by atoms with E-state index in [1.165, 1.54) is 12.1 Å². The number of hydrogen-bond donors (Lipinski definition) is 2. The van der Waals surface area contributed by atoms with Gasteiger partial charge >= 0.3 is 12.1 Å². The molecule has 0 fully saturated rings. The van der Waals surface area contributed by atoms with Crippen molar-refractivity contribution < 1.29 is 19.4 Å². The Hall–Kier alpha value is -1.46. The molecule has 0 unspecified atom stereocenters. The fourth-order valence-electron chi connectivity index (χ4n) is 1.44. The third-order valence-corrected chi connectivity index (χ3v) is 3.03. The molecule has 1 amide bonds. The fraction of sp³-hybridized carbons (Fsp3) is 0.385. The minimum Gasteiger partial charge on any atom is -0.479 e. The monoisotopic (exact) mass is 319 g/mol. The molecule has 5 nitrogen and oxygen atoms in total. The van der Waals surface area contributed by atoms with Gasteiger partial charge in [-0.05, 0) is 26.8 Å². The van der Waals surface area contributed by atoms with Crippen molar-refractivity contribution in [1.82, 2.24) is 5.32 Å². The van der Waals surface area contributed by atoms with E-state index in [0.29, 0.717) is 0 Å². The highest BCUT2D eigenvalue weighted by Crippen LogP contribution is 2.30. The van der Waals surface area contributed by atoms with Gasteiger partial charge in [0.05, 0.1) is 10.0 Å². The number of carbonyl (C=O) groups is 2. The van der Waals surface area contributed by atoms with Crippen LogP contribution < -0.4 is 5.32 Å². The molecular formula is C13H15Cl2NO4. The summed E-state index contributed by atoms with van der Waals surface area (Å²) in [6, 6.07) is 3.22. The topological polar surface area (TPSA) is 75.6 Å². The van der Waals surface area contributed by atoms with Crippen molar-refractivity contribution in [3.63, 3.8) is 0 Å². The van der Waals surface area contributed by atoms with Crippen molar-refractivity contribution in [3.05, 3.63) is 33.8 Å². The summed E-state index contributed by atoms with van der Waals surface area (Å²) in [6.45, 7) is 5.03. The van der Waals surface area contributed by atoms with E-state index in [-0.39, 0.29) is 15.6 Å². The molecule has 2 N–H and O–H groups in total. The molecule has 0 bridgehead atoms. The summed E-state index contributed by atoms with van der Waals surface area (Å²) >= 11 is 11.8. The summed E-state index contributed by atoms with van der Waals surface area (Å²) in [7, 11) is 0. The molecule has 0 aliphatic rings. The molecule has 1 aromatic carbocycles. The van der Waals surface area contributed by atoms with Crippen molar-refractivity contribution in [3.8, 4) is 0 Å². The molecule has 1 aromatic rings. The molecule has 0 aliphatic carbocycles. The highest BCUT2D eigenvalue weighted by molar-refractivity contribution is 6.42.